The minimum absolute atomic E-state index is 0.437. The van der Waals surface area contributed by atoms with Gasteiger partial charge in [-0.05, 0) is 32.4 Å². The Labute approximate surface area is 123 Å². The van der Waals surface area contributed by atoms with Gasteiger partial charge in [0.05, 0.1) is 0 Å². The highest BCUT2D eigenvalue weighted by Crippen LogP contribution is 2.24. The Balaban J connectivity index is 2.25. The first-order valence-corrected chi connectivity index (χ1v) is 7.59. The Hall–Kier alpha value is -1.62. The van der Waals surface area contributed by atoms with Crippen molar-refractivity contribution in [2.45, 2.75) is 32.3 Å². The molecule has 0 aliphatic heterocycles. The first-order chi connectivity index (χ1) is 9.60. The SMILES string of the molecule is CCCSc1nc(F)c(C)c(Nc2ccc(C)cc2)n1. The lowest BCUT2D eigenvalue weighted by Crippen LogP contribution is -2.03. The topological polar surface area (TPSA) is 37.8 Å². The quantitative estimate of drug-likeness (QED) is 0.501. The highest BCUT2D eigenvalue weighted by atomic mass is 32.2. The van der Waals surface area contributed by atoms with Crippen LogP contribution in [-0.2, 0) is 0 Å². The van der Waals surface area contributed by atoms with E-state index in [9.17, 15) is 4.39 Å². The van der Waals surface area contributed by atoms with Crippen LogP contribution in [0, 0.1) is 19.8 Å². The van der Waals surface area contributed by atoms with Gasteiger partial charge < -0.3 is 5.32 Å². The third-order valence-corrected chi connectivity index (χ3v) is 3.87. The second-order valence-corrected chi connectivity index (χ2v) is 5.67. The second kappa shape index (κ2) is 6.70. The van der Waals surface area contributed by atoms with Crippen molar-refractivity contribution in [3.63, 3.8) is 0 Å². The van der Waals surface area contributed by atoms with Gasteiger partial charge in [0.1, 0.15) is 5.82 Å². The van der Waals surface area contributed by atoms with Crippen molar-refractivity contribution < 1.29 is 4.39 Å². The van der Waals surface area contributed by atoms with Gasteiger partial charge in [-0.25, -0.2) is 4.98 Å². The lowest BCUT2D eigenvalue weighted by molar-refractivity contribution is 0.555. The second-order valence-electron chi connectivity index (χ2n) is 4.61. The lowest BCUT2D eigenvalue weighted by atomic mass is 10.2. The monoisotopic (exact) mass is 291 g/mol. The minimum Gasteiger partial charge on any atom is -0.340 e. The van der Waals surface area contributed by atoms with E-state index in [1.54, 1.807) is 6.92 Å². The van der Waals surface area contributed by atoms with Gasteiger partial charge in [-0.3, -0.25) is 0 Å². The van der Waals surface area contributed by atoms with Crippen LogP contribution in [0.15, 0.2) is 29.4 Å². The van der Waals surface area contributed by atoms with Crippen LogP contribution in [0.4, 0.5) is 15.9 Å². The maximum Gasteiger partial charge on any atom is 0.221 e. The summed E-state index contributed by atoms with van der Waals surface area (Å²) in [6.07, 6.45) is 1.00. The number of nitrogens with one attached hydrogen (secondary N) is 1. The van der Waals surface area contributed by atoms with E-state index in [0.29, 0.717) is 16.5 Å². The van der Waals surface area contributed by atoms with Gasteiger partial charge >= 0.3 is 0 Å². The molecule has 1 aromatic heterocycles. The fraction of sp³-hybridized carbons (Fsp3) is 0.333. The van der Waals surface area contributed by atoms with Crippen molar-refractivity contribution in [3.05, 3.63) is 41.3 Å². The lowest BCUT2D eigenvalue weighted by Gasteiger charge is -2.10. The van der Waals surface area contributed by atoms with Crippen LogP contribution < -0.4 is 5.32 Å². The molecule has 106 valence electrons. The van der Waals surface area contributed by atoms with E-state index in [0.717, 1.165) is 17.9 Å². The molecular weight excluding hydrogens is 273 g/mol. The Morgan fingerprint density at radius 1 is 1.15 bits per heavy atom. The molecule has 1 heterocycles. The third kappa shape index (κ3) is 3.70. The first-order valence-electron chi connectivity index (χ1n) is 6.60. The van der Waals surface area contributed by atoms with Crippen LogP contribution in [0.25, 0.3) is 0 Å². The van der Waals surface area contributed by atoms with Gasteiger partial charge in [-0.1, -0.05) is 36.4 Å². The van der Waals surface area contributed by atoms with E-state index in [4.69, 9.17) is 0 Å². The van der Waals surface area contributed by atoms with Crippen LogP contribution in [0.5, 0.6) is 0 Å². The van der Waals surface area contributed by atoms with Crippen molar-refractivity contribution in [1.82, 2.24) is 9.97 Å². The molecule has 2 aromatic rings. The molecule has 5 heteroatoms. The van der Waals surface area contributed by atoms with E-state index >= 15 is 0 Å². The summed E-state index contributed by atoms with van der Waals surface area (Å²) in [5.41, 5.74) is 2.51. The van der Waals surface area contributed by atoms with E-state index in [2.05, 4.69) is 22.2 Å². The van der Waals surface area contributed by atoms with Gasteiger partial charge in [0.25, 0.3) is 0 Å². The third-order valence-electron chi connectivity index (χ3n) is 2.82. The zero-order chi connectivity index (χ0) is 14.5. The number of thioether (sulfide) groups is 1. The maximum atomic E-state index is 13.8. The molecule has 1 aromatic carbocycles. The van der Waals surface area contributed by atoms with E-state index < -0.39 is 5.95 Å². The Morgan fingerprint density at radius 3 is 2.50 bits per heavy atom. The number of rotatable bonds is 5. The van der Waals surface area contributed by atoms with Crippen LogP contribution in [0.3, 0.4) is 0 Å². The Morgan fingerprint density at radius 2 is 1.85 bits per heavy atom. The maximum absolute atomic E-state index is 13.8. The zero-order valence-electron chi connectivity index (χ0n) is 11.9. The average Bonchev–Trinajstić information content (AvgIpc) is 2.44. The van der Waals surface area contributed by atoms with Gasteiger partial charge in [-0.15, -0.1) is 0 Å². The Kier molecular flexibility index (Phi) is 4.95. The van der Waals surface area contributed by atoms with Gasteiger partial charge in [0, 0.05) is 17.0 Å². The summed E-state index contributed by atoms with van der Waals surface area (Å²) in [5, 5.41) is 3.63. The van der Waals surface area contributed by atoms with Crippen LogP contribution >= 0.6 is 11.8 Å². The number of hydrogen-bond acceptors (Lipinski definition) is 4. The van der Waals surface area contributed by atoms with Crippen molar-refractivity contribution >= 4 is 23.3 Å². The number of benzene rings is 1. The van der Waals surface area contributed by atoms with E-state index in [1.807, 2.05) is 31.2 Å². The fourth-order valence-electron chi connectivity index (χ4n) is 1.62. The summed E-state index contributed by atoms with van der Waals surface area (Å²) in [6.45, 7) is 5.78. The number of aryl methyl sites for hydroxylation is 1. The molecule has 0 spiro atoms. The summed E-state index contributed by atoms with van der Waals surface area (Å²) >= 11 is 1.47. The van der Waals surface area contributed by atoms with Gasteiger partial charge in [0.2, 0.25) is 5.95 Å². The molecule has 0 aliphatic carbocycles. The molecule has 3 nitrogen and oxygen atoms in total. The average molecular weight is 291 g/mol. The number of hydrogen-bond donors (Lipinski definition) is 1. The molecule has 0 atom stereocenters. The molecule has 0 aliphatic rings. The number of anilines is 2. The molecule has 20 heavy (non-hydrogen) atoms. The highest BCUT2D eigenvalue weighted by Gasteiger charge is 2.11. The normalized spacial score (nSPS) is 10.6. The summed E-state index contributed by atoms with van der Waals surface area (Å²) < 4.78 is 13.8. The van der Waals surface area contributed by atoms with E-state index in [-0.39, 0.29) is 0 Å². The minimum atomic E-state index is -0.465. The number of nitrogens with zero attached hydrogens (tertiary/aromatic N) is 2. The number of halogens is 1. The van der Waals surface area contributed by atoms with Crippen LogP contribution in [-0.4, -0.2) is 15.7 Å². The predicted molar refractivity (Wildman–Crippen MR) is 82.2 cm³/mol. The fourth-order valence-corrected chi connectivity index (χ4v) is 2.31. The van der Waals surface area contributed by atoms with Crippen molar-refractivity contribution in [1.29, 1.82) is 0 Å². The molecule has 0 unspecified atom stereocenters. The first kappa shape index (κ1) is 14.8. The summed E-state index contributed by atoms with van der Waals surface area (Å²) in [6, 6.07) is 7.91. The van der Waals surface area contributed by atoms with Crippen molar-refractivity contribution in [3.8, 4) is 0 Å². The molecule has 0 radical (unpaired) electrons. The summed E-state index contributed by atoms with van der Waals surface area (Å²) in [5.74, 6) is 0.945. The van der Waals surface area contributed by atoms with E-state index in [1.165, 1.54) is 17.3 Å². The molecule has 0 saturated carbocycles. The predicted octanol–water partition coefficient (Wildman–Crippen LogP) is 4.48. The van der Waals surface area contributed by atoms with Gasteiger partial charge in [-0.2, -0.15) is 9.37 Å². The Bertz CT molecular complexity index is 584. The highest BCUT2D eigenvalue weighted by molar-refractivity contribution is 7.99. The zero-order valence-corrected chi connectivity index (χ0v) is 12.7. The standard InChI is InChI=1S/C15H18FN3S/c1-4-9-20-15-18-13(16)11(3)14(19-15)17-12-7-5-10(2)6-8-12/h5-8H,4,9H2,1-3H3,(H,17,18,19). The van der Waals surface area contributed by atoms with Crippen LogP contribution in [0.2, 0.25) is 0 Å². The van der Waals surface area contributed by atoms with Crippen LogP contribution in [0.1, 0.15) is 24.5 Å². The van der Waals surface area contributed by atoms with Crippen molar-refractivity contribution in [2.75, 3.05) is 11.1 Å². The molecule has 0 fully saturated rings. The molecular formula is C15H18FN3S. The van der Waals surface area contributed by atoms with Crippen molar-refractivity contribution in [2.24, 2.45) is 0 Å². The molecule has 0 bridgehead atoms. The molecule has 1 N–H and O–H groups in total. The smallest absolute Gasteiger partial charge is 0.221 e. The molecule has 0 saturated heterocycles. The summed E-state index contributed by atoms with van der Waals surface area (Å²) in [7, 11) is 0. The molecule has 0 amide bonds. The number of aromatic nitrogens is 2. The van der Waals surface area contributed by atoms with Gasteiger partial charge in [0.15, 0.2) is 5.16 Å². The molecule has 2 rings (SSSR count). The largest absolute Gasteiger partial charge is 0.340 e. The summed E-state index contributed by atoms with van der Waals surface area (Å²) in [4.78, 5) is 8.26.